The van der Waals surface area contributed by atoms with Crippen LogP contribution in [-0.2, 0) is 6.61 Å². The van der Waals surface area contributed by atoms with E-state index in [9.17, 15) is 5.26 Å². The first-order valence-electron chi connectivity index (χ1n) is 9.00. The largest absolute Gasteiger partial charge is 0.489 e. The predicted molar refractivity (Wildman–Crippen MR) is 116 cm³/mol. The lowest BCUT2D eigenvalue weighted by molar-refractivity contribution is 0.306. The van der Waals surface area contributed by atoms with Crippen molar-refractivity contribution in [2.75, 3.05) is 5.32 Å². The van der Waals surface area contributed by atoms with Crippen LogP contribution in [0.5, 0.6) is 5.75 Å². The molecule has 0 atom stereocenters. The van der Waals surface area contributed by atoms with Gasteiger partial charge in [0.15, 0.2) is 5.82 Å². The summed E-state index contributed by atoms with van der Waals surface area (Å²) in [7, 11) is 0. The van der Waals surface area contributed by atoms with E-state index in [0.717, 1.165) is 28.0 Å². The zero-order valence-corrected chi connectivity index (χ0v) is 16.1. The van der Waals surface area contributed by atoms with Crippen molar-refractivity contribution in [1.29, 1.82) is 5.26 Å². The van der Waals surface area contributed by atoms with Crippen molar-refractivity contribution in [3.8, 4) is 11.8 Å². The molecule has 0 bridgehead atoms. The maximum absolute atomic E-state index is 9.48. The van der Waals surface area contributed by atoms with Crippen molar-refractivity contribution in [2.45, 2.75) is 6.61 Å². The Morgan fingerprint density at radius 3 is 2.55 bits per heavy atom. The fourth-order valence-corrected chi connectivity index (χ4v) is 2.91. The molecule has 4 rings (SSSR count). The van der Waals surface area contributed by atoms with E-state index in [1.54, 1.807) is 6.20 Å². The summed E-state index contributed by atoms with van der Waals surface area (Å²) in [6.07, 6.45) is 1.64. The minimum absolute atomic E-state index is 0.421. The second kappa shape index (κ2) is 8.51. The molecule has 2 N–H and O–H groups in total. The number of nitrogens with zero attached hydrogens (tertiary/aromatic N) is 2. The van der Waals surface area contributed by atoms with Crippen molar-refractivity contribution in [2.24, 2.45) is 0 Å². The van der Waals surface area contributed by atoms with E-state index in [1.165, 1.54) is 0 Å². The number of nitrogens with one attached hydrogen (secondary N) is 2. The molecule has 0 saturated heterocycles. The fraction of sp³-hybridized carbons (Fsp3) is 0.0435. The number of benzene rings is 3. The van der Waals surface area contributed by atoms with Crippen LogP contribution in [0.3, 0.4) is 0 Å². The van der Waals surface area contributed by atoms with Gasteiger partial charge in [-0.3, -0.25) is 0 Å². The first-order valence-corrected chi connectivity index (χ1v) is 9.38. The van der Waals surface area contributed by atoms with Crippen molar-refractivity contribution < 1.29 is 4.74 Å². The van der Waals surface area contributed by atoms with Gasteiger partial charge in [-0.05, 0) is 54.1 Å². The van der Waals surface area contributed by atoms with Crippen molar-refractivity contribution in [3.05, 3.63) is 95.4 Å². The summed E-state index contributed by atoms with van der Waals surface area (Å²) >= 11 is 5.89. The Morgan fingerprint density at radius 1 is 1.07 bits per heavy atom. The van der Waals surface area contributed by atoms with Crippen LogP contribution < -0.4 is 10.1 Å². The smallest absolute Gasteiger partial charge is 0.150 e. The number of para-hydroxylation sites is 2. The monoisotopic (exact) mass is 400 g/mol. The second-order valence-electron chi connectivity index (χ2n) is 6.36. The molecule has 0 amide bonds. The third-order valence-corrected chi connectivity index (χ3v) is 4.57. The zero-order valence-electron chi connectivity index (χ0n) is 15.4. The number of fused-ring (bicyclic) bond motifs is 1. The van der Waals surface area contributed by atoms with Gasteiger partial charge in [0.25, 0.3) is 0 Å². The van der Waals surface area contributed by atoms with E-state index in [-0.39, 0.29) is 0 Å². The highest BCUT2D eigenvalue weighted by Crippen LogP contribution is 2.20. The molecule has 0 spiro atoms. The highest BCUT2D eigenvalue weighted by atomic mass is 35.5. The third kappa shape index (κ3) is 4.57. The van der Waals surface area contributed by atoms with Crippen molar-refractivity contribution >= 4 is 33.9 Å². The maximum Gasteiger partial charge on any atom is 0.150 e. The van der Waals surface area contributed by atoms with Gasteiger partial charge in [0.1, 0.15) is 24.0 Å². The number of allylic oxidation sites excluding steroid dienone is 1. The van der Waals surface area contributed by atoms with Crippen LogP contribution in [0.25, 0.3) is 16.6 Å². The SMILES string of the molecule is N#C/C(=C\Nc1ccc(OCc2ccc(Cl)cc2)cc1)c1nc2ccccc2[nH]1. The molecule has 0 radical (unpaired) electrons. The molecule has 0 unspecified atom stereocenters. The van der Waals surface area contributed by atoms with E-state index < -0.39 is 0 Å². The summed E-state index contributed by atoms with van der Waals surface area (Å²) in [5, 5.41) is 13.3. The van der Waals surface area contributed by atoms with Crippen molar-refractivity contribution in [1.82, 2.24) is 9.97 Å². The molecule has 3 aromatic carbocycles. The van der Waals surface area contributed by atoms with Gasteiger partial charge in [-0.15, -0.1) is 0 Å². The molecule has 4 aromatic rings. The number of imidazole rings is 1. The molecule has 0 aliphatic heterocycles. The highest BCUT2D eigenvalue weighted by Gasteiger charge is 2.07. The normalized spacial score (nSPS) is 11.2. The van der Waals surface area contributed by atoms with Crippen LogP contribution in [0, 0.1) is 11.3 Å². The summed E-state index contributed by atoms with van der Waals surface area (Å²) in [5.74, 6) is 1.29. The Hall–Kier alpha value is -3.75. The van der Waals surface area contributed by atoms with Gasteiger partial charge in [0.05, 0.1) is 11.0 Å². The van der Waals surface area contributed by atoms with Gasteiger partial charge < -0.3 is 15.0 Å². The van der Waals surface area contributed by atoms with Gasteiger partial charge >= 0.3 is 0 Å². The van der Waals surface area contributed by atoms with E-state index >= 15 is 0 Å². The Morgan fingerprint density at radius 2 is 1.83 bits per heavy atom. The second-order valence-corrected chi connectivity index (χ2v) is 6.79. The summed E-state index contributed by atoms with van der Waals surface area (Å²) in [6.45, 7) is 0.467. The summed E-state index contributed by atoms with van der Waals surface area (Å²) in [4.78, 5) is 7.61. The minimum atomic E-state index is 0.421. The number of rotatable bonds is 6. The molecule has 1 heterocycles. The molecular weight excluding hydrogens is 384 g/mol. The molecule has 5 nitrogen and oxygen atoms in total. The summed E-state index contributed by atoms with van der Waals surface area (Å²) in [6, 6.07) is 24.9. The zero-order chi connectivity index (χ0) is 20.1. The fourth-order valence-electron chi connectivity index (χ4n) is 2.78. The van der Waals surface area contributed by atoms with Crippen LogP contribution in [0.15, 0.2) is 79.0 Å². The summed E-state index contributed by atoms with van der Waals surface area (Å²) < 4.78 is 5.78. The van der Waals surface area contributed by atoms with Crippen LogP contribution >= 0.6 is 11.6 Å². The predicted octanol–water partition coefficient (Wildman–Crippen LogP) is 5.77. The number of aromatic nitrogens is 2. The van der Waals surface area contributed by atoms with Crippen LogP contribution in [0.2, 0.25) is 5.02 Å². The Kier molecular flexibility index (Phi) is 5.46. The van der Waals surface area contributed by atoms with Gasteiger partial charge in [-0.25, -0.2) is 4.98 Å². The molecule has 0 fully saturated rings. The van der Waals surface area contributed by atoms with E-state index in [2.05, 4.69) is 21.4 Å². The molecule has 0 saturated carbocycles. The Bertz CT molecular complexity index is 1160. The Labute approximate surface area is 173 Å². The summed E-state index contributed by atoms with van der Waals surface area (Å²) in [5.41, 5.74) is 4.03. The number of nitriles is 1. The maximum atomic E-state index is 9.48. The number of anilines is 1. The number of ether oxygens (including phenoxy) is 1. The van der Waals surface area contributed by atoms with Gasteiger partial charge in [0, 0.05) is 16.9 Å². The number of aromatic amines is 1. The van der Waals surface area contributed by atoms with Crippen LogP contribution in [0.4, 0.5) is 5.69 Å². The third-order valence-electron chi connectivity index (χ3n) is 4.32. The molecular formula is C23H17ClN4O. The first kappa shape index (κ1) is 18.6. The van der Waals surface area contributed by atoms with Crippen molar-refractivity contribution in [3.63, 3.8) is 0 Å². The average molecular weight is 401 g/mol. The minimum Gasteiger partial charge on any atom is -0.489 e. The topological polar surface area (TPSA) is 73.7 Å². The lowest BCUT2D eigenvalue weighted by Gasteiger charge is -2.08. The lowest BCUT2D eigenvalue weighted by Crippen LogP contribution is -1.96. The van der Waals surface area contributed by atoms with Gasteiger partial charge in [-0.1, -0.05) is 35.9 Å². The molecule has 0 aliphatic rings. The van der Waals surface area contributed by atoms with E-state index in [4.69, 9.17) is 16.3 Å². The molecule has 1 aromatic heterocycles. The standard InChI is InChI=1S/C23H17ClN4O/c24-18-7-5-16(6-8-18)15-29-20-11-9-19(10-12-20)26-14-17(13-25)23-27-21-3-1-2-4-22(21)28-23/h1-12,14,26H,15H2,(H,27,28)/b17-14+. The van der Waals surface area contributed by atoms with Crippen LogP contribution in [-0.4, -0.2) is 9.97 Å². The number of H-pyrrole nitrogens is 1. The van der Waals surface area contributed by atoms with Gasteiger partial charge in [0.2, 0.25) is 0 Å². The average Bonchev–Trinajstić information content (AvgIpc) is 3.19. The Balaban J connectivity index is 1.40. The van der Waals surface area contributed by atoms with E-state index in [1.807, 2.05) is 72.8 Å². The molecule has 142 valence electrons. The quantitative estimate of drug-likeness (QED) is 0.403. The number of halogens is 1. The van der Waals surface area contributed by atoms with Crippen LogP contribution in [0.1, 0.15) is 11.4 Å². The number of hydrogen-bond acceptors (Lipinski definition) is 4. The lowest BCUT2D eigenvalue weighted by atomic mass is 10.2. The highest BCUT2D eigenvalue weighted by molar-refractivity contribution is 6.30. The van der Waals surface area contributed by atoms with E-state index in [0.29, 0.717) is 23.0 Å². The molecule has 29 heavy (non-hydrogen) atoms. The number of hydrogen-bond donors (Lipinski definition) is 2. The first-order chi connectivity index (χ1) is 14.2. The molecule has 0 aliphatic carbocycles. The molecule has 6 heteroatoms. The van der Waals surface area contributed by atoms with Gasteiger partial charge in [-0.2, -0.15) is 5.26 Å².